The fourth-order valence-electron chi connectivity index (χ4n) is 18.3. The number of nitrogens with one attached hydrogen (secondary N) is 2. The molecule has 6 saturated carbocycles. The van der Waals surface area contributed by atoms with Crippen molar-refractivity contribution in [2.24, 2.45) is 45.3 Å². The van der Waals surface area contributed by atoms with Gasteiger partial charge < -0.3 is 25.6 Å². The van der Waals surface area contributed by atoms with Crippen LogP contribution in [0.15, 0.2) is 72.8 Å². The van der Waals surface area contributed by atoms with Crippen molar-refractivity contribution in [3.05, 3.63) is 126 Å². The van der Waals surface area contributed by atoms with Crippen LogP contribution in [0.1, 0.15) is 224 Å². The maximum Gasteiger partial charge on any atom is 0.337 e. The largest absolute Gasteiger partial charge is 0.465 e. The molecule has 6 atom stereocenters. The van der Waals surface area contributed by atoms with Crippen LogP contribution in [0.2, 0.25) is 20.1 Å². The highest BCUT2D eigenvalue weighted by atomic mass is 35.5. The molecule has 4 aromatic carbocycles. The number of amides is 2. The van der Waals surface area contributed by atoms with Crippen molar-refractivity contribution >= 4 is 92.9 Å². The molecule has 6 aliphatic carbocycles. The third-order valence-electron chi connectivity index (χ3n) is 22.8. The predicted octanol–water partition coefficient (Wildman–Crippen LogP) is 16.5. The van der Waals surface area contributed by atoms with E-state index in [1.54, 1.807) is 24.3 Å². The molecule has 460 valence electrons. The molecule has 11 nitrogen and oxygen atoms in total. The summed E-state index contributed by atoms with van der Waals surface area (Å²) in [4.78, 5) is 84.4. The van der Waals surface area contributed by atoms with Gasteiger partial charge in [0.05, 0.1) is 35.7 Å². The van der Waals surface area contributed by atoms with Crippen LogP contribution in [0.4, 0.5) is 11.4 Å². The van der Waals surface area contributed by atoms with E-state index in [-0.39, 0.29) is 64.0 Å². The van der Waals surface area contributed by atoms with E-state index in [9.17, 15) is 39.0 Å². The summed E-state index contributed by atoms with van der Waals surface area (Å²) in [7, 11) is 1.33. The van der Waals surface area contributed by atoms with Gasteiger partial charge in [-0.05, 0) is 232 Å². The number of carbonyl (C=O) groups is 6. The van der Waals surface area contributed by atoms with Gasteiger partial charge in [0.2, 0.25) is 11.8 Å². The van der Waals surface area contributed by atoms with Crippen LogP contribution in [0.25, 0.3) is 0 Å². The summed E-state index contributed by atoms with van der Waals surface area (Å²) in [6.45, 7) is 11.0. The number of hydrogen-bond donors (Lipinski definition) is 4. The van der Waals surface area contributed by atoms with Crippen LogP contribution in [0, 0.1) is 45.3 Å². The average molecular weight is 1250 g/mol. The van der Waals surface area contributed by atoms with E-state index in [2.05, 4.69) is 38.3 Å². The van der Waals surface area contributed by atoms with E-state index >= 15 is 0 Å². The van der Waals surface area contributed by atoms with Gasteiger partial charge in [-0.15, -0.1) is 0 Å². The number of anilines is 2. The van der Waals surface area contributed by atoms with Crippen molar-refractivity contribution in [3.63, 3.8) is 0 Å². The maximum atomic E-state index is 14.7. The number of ketones is 3. The lowest BCUT2D eigenvalue weighted by Crippen LogP contribution is -2.52. The van der Waals surface area contributed by atoms with Gasteiger partial charge in [0.25, 0.3) is 0 Å². The third kappa shape index (κ3) is 11.1. The zero-order valence-corrected chi connectivity index (χ0v) is 53.7. The Balaban J connectivity index is 0.000000179. The van der Waals surface area contributed by atoms with Crippen LogP contribution >= 0.6 is 46.4 Å². The Morgan fingerprint density at radius 3 is 1.29 bits per heavy atom. The molecular formula is C71H84Cl4N2O9. The van der Waals surface area contributed by atoms with Gasteiger partial charge in [0.15, 0.2) is 5.78 Å². The minimum Gasteiger partial charge on any atom is -0.465 e. The fourth-order valence-corrected chi connectivity index (χ4v) is 19.1. The SMILES string of the molecule is CCC(=O)c1cc(Cl)cc([C@H]2[C@H](C(=O)CC3CCC(O)CC3)CC3(CCC(C)(C)CC3)[C@@]23C(=O)Nc2cc(Cl)ccc23)c1.COC(=O)c1cc(Cl)cc([C@H]2[C@H](C(=O)CC3CCC(O)CC3)CC3(CCC(C)(C)CC3)[C@@]23C(=O)Nc2cc(Cl)ccc23)c1. The molecule has 0 aromatic heterocycles. The molecule has 0 saturated heterocycles. The minimum atomic E-state index is -1.04. The maximum absolute atomic E-state index is 14.7. The van der Waals surface area contributed by atoms with E-state index < -0.39 is 51.3 Å². The topological polar surface area (TPSA) is 176 Å². The highest BCUT2D eigenvalue weighted by molar-refractivity contribution is 6.32. The number of ether oxygens (including phenoxy) is 1. The number of carbonyl (C=O) groups excluding carboxylic acids is 6. The van der Waals surface area contributed by atoms with Crippen LogP contribution in [-0.2, 0) is 34.7 Å². The van der Waals surface area contributed by atoms with E-state index in [1.165, 1.54) is 7.11 Å². The van der Waals surface area contributed by atoms with Gasteiger partial charge >= 0.3 is 5.97 Å². The molecule has 15 heteroatoms. The van der Waals surface area contributed by atoms with E-state index in [0.717, 1.165) is 107 Å². The van der Waals surface area contributed by atoms with Crippen LogP contribution < -0.4 is 10.6 Å². The summed E-state index contributed by atoms with van der Waals surface area (Å²) in [5.74, 6) is -1.77. The van der Waals surface area contributed by atoms with E-state index in [0.29, 0.717) is 93.1 Å². The normalized spacial score (nSPS) is 30.7. The molecule has 0 unspecified atom stereocenters. The molecule has 4 spiro atoms. The van der Waals surface area contributed by atoms with Gasteiger partial charge in [-0.1, -0.05) is 93.2 Å². The van der Waals surface area contributed by atoms with Gasteiger partial charge in [-0.2, -0.15) is 0 Å². The molecule has 0 bridgehead atoms. The Bertz CT molecular complexity index is 3120. The first kappa shape index (κ1) is 63.0. The Hall–Kier alpha value is -4.62. The molecule has 2 amide bonds. The quantitative estimate of drug-likeness (QED) is 0.0841. The number of hydrogen-bond acceptors (Lipinski definition) is 9. The van der Waals surface area contributed by atoms with E-state index in [1.807, 2.05) is 55.5 Å². The second-order valence-corrected chi connectivity index (χ2v) is 30.6. The Morgan fingerprint density at radius 2 is 0.907 bits per heavy atom. The van der Waals surface area contributed by atoms with Crippen LogP contribution in [-0.4, -0.2) is 64.7 Å². The Kier molecular flexibility index (Phi) is 17.5. The van der Waals surface area contributed by atoms with Crippen molar-refractivity contribution in [2.45, 2.75) is 204 Å². The first-order valence-electron chi connectivity index (χ1n) is 31.7. The van der Waals surface area contributed by atoms with Crippen LogP contribution in [0.5, 0.6) is 0 Å². The van der Waals surface area contributed by atoms with Gasteiger partial charge in [-0.25, -0.2) is 4.79 Å². The number of methoxy groups -OCH3 is 1. The molecule has 8 aliphatic rings. The highest BCUT2D eigenvalue weighted by Crippen LogP contribution is 2.74. The summed E-state index contributed by atoms with van der Waals surface area (Å²) in [6.07, 6.45) is 15.2. The van der Waals surface area contributed by atoms with Crippen molar-refractivity contribution in [1.82, 2.24) is 0 Å². The third-order valence-corrected chi connectivity index (χ3v) is 23.7. The highest BCUT2D eigenvalue weighted by Gasteiger charge is 2.74. The minimum absolute atomic E-state index is 0.0170. The number of esters is 1. The van der Waals surface area contributed by atoms with Gasteiger partial charge in [0.1, 0.15) is 11.6 Å². The molecule has 6 fully saturated rings. The zero-order chi connectivity index (χ0) is 61.5. The molecule has 12 rings (SSSR count). The standard InChI is InChI=1S/C36H43Cl2NO4.C35H41Cl2NO5/c1-4-30(41)22-16-23(18-25(38)17-22)32-27(31(42)15-21-5-8-26(40)9-6-21)20-35(13-11-34(2,3)12-14-35)36(32)28-10-7-24(37)19-29(28)39-33(36)43;1-33(2)10-12-34(13-11-33)19-26(29(40)14-20-4-7-25(39)8-5-20)30(21-15-22(31(41)43-3)17-24(37)16-21)35(34)27-9-6-23(36)18-28(27)38-32(35)42/h7,10,16-19,21,26-27,32,40H,4-6,8-9,11-15,20H2,1-3H3,(H,39,43);6,9,15-18,20,25-26,30,39H,4-5,7-8,10-14,19H2,1-3H3,(H,38,42)/t21?,26?,27-,32-,36+;20?,25?,26-,30-,35+/m00/s1. The van der Waals surface area contributed by atoms with Gasteiger partial charge in [-0.3, -0.25) is 24.0 Å². The van der Waals surface area contributed by atoms with Crippen molar-refractivity contribution < 1.29 is 43.7 Å². The average Bonchev–Trinajstić information content (AvgIpc) is 1.51. The summed E-state index contributed by atoms with van der Waals surface area (Å²) < 4.78 is 5.05. The van der Waals surface area contributed by atoms with Crippen molar-refractivity contribution in [1.29, 1.82) is 0 Å². The summed E-state index contributed by atoms with van der Waals surface area (Å²) in [5, 5.41) is 28.5. The summed E-state index contributed by atoms with van der Waals surface area (Å²) in [5.41, 5.74) is 2.88. The number of aliphatic hydroxyl groups excluding tert-OH is 2. The van der Waals surface area contributed by atoms with Crippen molar-refractivity contribution in [2.75, 3.05) is 17.7 Å². The molecule has 2 heterocycles. The second kappa shape index (κ2) is 24.0. The number of rotatable bonds is 11. The number of Topliss-reactive ketones (excluding diaryl/α,β-unsaturated/α-hetero) is 3. The number of benzene rings is 4. The molecular weight excluding hydrogens is 1170 g/mol. The lowest BCUT2D eigenvalue weighted by atomic mass is 9.51. The lowest BCUT2D eigenvalue weighted by molar-refractivity contribution is -0.128. The monoisotopic (exact) mass is 1250 g/mol. The number of aliphatic hydroxyl groups is 2. The van der Waals surface area contributed by atoms with Crippen LogP contribution in [0.3, 0.4) is 0 Å². The van der Waals surface area contributed by atoms with E-state index in [4.69, 9.17) is 51.1 Å². The first-order chi connectivity index (χ1) is 40.8. The molecule has 0 radical (unpaired) electrons. The molecule has 86 heavy (non-hydrogen) atoms. The smallest absolute Gasteiger partial charge is 0.337 e. The number of halogens is 4. The first-order valence-corrected chi connectivity index (χ1v) is 33.2. The summed E-state index contributed by atoms with van der Waals surface area (Å²) >= 11 is 26.3. The lowest BCUT2D eigenvalue weighted by Gasteiger charge is -2.51. The Labute approximate surface area is 527 Å². The molecule has 4 N–H and O–H groups in total. The molecule has 4 aromatic rings. The number of fused-ring (bicyclic) bond motifs is 6. The van der Waals surface area contributed by atoms with Crippen molar-refractivity contribution in [3.8, 4) is 0 Å². The summed E-state index contributed by atoms with van der Waals surface area (Å²) in [6, 6.07) is 21.9. The molecule has 2 aliphatic heterocycles. The van der Waals surface area contributed by atoms with Gasteiger partial charge in [0, 0.05) is 80.0 Å². The second-order valence-electron chi connectivity index (χ2n) is 28.9. The predicted molar refractivity (Wildman–Crippen MR) is 339 cm³/mol. The zero-order valence-electron chi connectivity index (χ0n) is 50.7. The fraction of sp³-hybridized carbons (Fsp3) is 0.577. The Morgan fingerprint density at radius 1 is 0.523 bits per heavy atom.